The molecule has 0 unspecified atom stereocenters. The minimum atomic E-state index is -0.627. The Kier molecular flexibility index (Phi) is 7.43. The standard InChI is InChI=1S/C28H32FN9O2/c29-22-16-31-10-9-23(22)35-28(39)25-17-32-27-24(15-26(36-38(25)27)34-20-3-1-18(30)2-4-20)33-19-5-7-21(8-6-19)37-11-13-40-14-12-37/h5-10,15-18,20,33H,1-4,11-14,30H2,(H,34,36)(H,31,35,39)/t18-,20-. The molecule has 0 radical (unpaired) electrons. The van der Waals surface area contributed by atoms with Gasteiger partial charge in [0, 0.05) is 48.8 Å². The van der Waals surface area contributed by atoms with Crippen molar-refractivity contribution in [2.75, 3.05) is 47.2 Å². The zero-order chi connectivity index (χ0) is 27.5. The molecule has 6 rings (SSSR count). The van der Waals surface area contributed by atoms with Crippen molar-refractivity contribution in [1.29, 1.82) is 0 Å². The van der Waals surface area contributed by atoms with E-state index in [0.717, 1.165) is 69.6 Å². The molecule has 1 aromatic carbocycles. The summed E-state index contributed by atoms with van der Waals surface area (Å²) in [4.78, 5) is 23.7. The number of anilines is 5. The second-order valence-electron chi connectivity index (χ2n) is 10.2. The largest absolute Gasteiger partial charge is 0.378 e. The van der Waals surface area contributed by atoms with Gasteiger partial charge in [-0.05, 0) is 56.0 Å². The van der Waals surface area contributed by atoms with Crippen LogP contribution in [0.4, 0.5) is 33.0 Å². The van der Waals surface area contributed by atoms with E-state index in [9.17, 15) is 9.18 Å². The quantitative estimate of drug-likeness (QED) is 0.274. The first-order valence-electron chi connectivity index (χ1n) is 13.5. The smallest absolute Gasteiger partial charge is 0.276 e. The predicted molar refractivity (Wildman–Crippen MR) is 152 cm³/mol. The third-order valence-corrected chi connectivity index (χ3v) is 7.37. The van der Waals surface area contributed by atoms with Gasteiger partial charge in [-0.1, -0.05) is 0 Å². The lowest BCUT2D eigenvalue weighted by molar-refractivity contribution is 0.102. The summed E-state index contributed by atoms with van der Waals surface area (Å²) in [5.74, 6) is -0.562. The summed E-state index contributed by atoms with van der Waals surface area (Å²) < 4.78 is 21.1. The topological polar surface area (TPSA) is 135 Å². The van der Waals surface area contributed by atoms with Crippen LogP contribution in [-0.2, 0) is 4.74 Å². The maximum absolute atomic E-state index is 14.2. The van der Waals surface area contributed by atoms with Gasteiger partial charge in [-0.25, -0.2) is 13.9 Å². The zero-order valence-corrected chi connectivity index (χ0v) is 22.0. The van der Waals surface area contributed by atoms with E-state index in [1.807, 2.05) is 18.2 Å². The molecule has 1 aliphatic heterocycles. The molecule has 4 aromatic rings. The third-order valence-electron chi connectivity index (χ3n) is 7.37. The Morgan fingerprint density at radius 3 is 2.55 bits per heavy atom. The van der Waals surface area contributed by atoms with Gasteiger partial charge in [0.1, 0.15) is 5.82 Å². The number of nitrogens with two attached hydrogens (primary N) is 1. The molecule has 0 atom stereocenters. The highest BCUT2D eigenvalue weighted by atomic mass is 19.1. The minimum absolute atomic E-state index is 0.0291. The van der Waals surface area contributed by atoms with Gasteiger partial charge >= 0.3 is 0 Å². The number of hydrogen-bond donors (Lipinski definition) is 4. The second kappa shape index (κ2) is 11.4. The van der Waals surface area contributed by atoms with Crippen LogP contribution in [0.3, 0.4) is 0 Å². The van der Waals surface area contributed by atoms with E-state index in [1.165, 1.54) is 23.0 Å². The Balaban J connectivity index is 1.30. The number of carbonyl (C=O) groups excluding carboxylic acids is 1. The summed E-state index contributed by atoms with van der Waals surface area (Å²) in [7, 11) is 0. The Bertz CT molecular complexity index is 1480. The Morgan fingerprint density at radius 2 is 1.80 bits per heavy atom. The predicted octanol–water partition coefficient (Wildman–Crippen LogP) is 3.78. The van der Waals surface area contributed by atoms with Gasteiger partial charge < -0.3 is 31.3 Å². The first kappa shape index (κ1) is 26.0. The molecule has 40 heavy (non-hydrogen) atoms. The summed E-state index contributed by atoms with van der Waals surface area (Å²) in [5.41, 5.74) is 9.45. The van der Waals surface area contributed by atoms with E-state index in [0.29, 0.717) is 17.2 Å². The number of fused-ring (bicyclic) bond motifs is 1. The third kappa shape index (κ3) is 5.68. The van der Waals surface area contributed by atoms with Crippen molar-refractivity contribution in [2.45, 2.75) is 37.8 Å². The summed E-state index contributed by atoms with van der Waals surface area (Å²) in [6.45, 7) is 3.17. The SMILES string of the molecule is N[C@H]1CC[C@H](Nc2cc(Nc3ccc(N4CCOCC4)cc3)c3ncc(C(=O)Nc4ccncc4F)n3n2)CC1. The summed E-state index contributed by atoms with van der Waals surface area (Å²) in [6.07, 6.45) is 7.65. The van der Waals surface area contributed by atoms with Gasteiger partial charge in [-0.15, -0.1) is 5.10 Å². The molecule has 5 N–H and O–H groups in total. The van der Waals surface area contributed by atoms with Gasteiger partial charge in [0.2, 0.25) is 0 Å². The van der Waals surface area contributed by atoms with Crippen LogP contribution in [-0.4, -0.2) is 63.9 Å². The Morgan fingerprint density at radius 1 is 1.02 bits per heavy atom. The number of amides is 1. The number of hydrogen-bond acceptors (Lipinski definition) is 9. The molecule has 2 aliphatic rings. The molecule has 3 aromatic heterocycles. The molecule has 11 nitrogen and oxygen atoms in total. The number of imidazole rings is 1. The van der Waals surface area contributed by atoms with Crippen LogP contribution in [0.2, 0.25) is 0 Å². The van der Waals surface area contributed by atoms with Gasteiger partial charge in [-0.3, -0.25) is 9.78 Å². The molecule has 1 amide bonds. The highest BCUT2D eigenvalue weighted by Crippen LogP contribution is 2.28. The Hall–Kier alpha value is -4.29. The molecule has 0 spiro atoms. The van der Waals surface area contributed by atoms with Crippen molar-refractivity contribution < 1.29 is 13.9 Å². The van der Waals surface area contributed by atoms with Crippen molar-refractivity contribution in [3.63, 3.8) is 0 Å². The number of halogens is 1. The highest BCUT2D eigenvalue weighted by molar-refractivity contribution is 6.03. The maximum Gasteiger partial charge on any atom is 0.276 e. The fourth-order valence-corrected chi connectivity index (χ4v) is 5.15. The van der Waals surface area contributed by atoms with Crippen LogP contribution in [0.5, 0.6) is 0 Å². The lowest BCUT2D eigenvalue weighted by atomic mass is 9.92. The van der Waals surface area contributed by atoms with Crippen LogP contribution in [0.15, 0.2) is 55.0 Å². The van der Waals surface area contributed by atoms with Crippen LogP contribution in [0, 0.1) is 5.82 Å². The molecule has 12 heteroatoms. The fourth-order valence-electron chi connectivity index (χ4n) is 5.15. The summed E-state index contributed by atoms with van der Waals surface area (Å²) >= 11 is 0. The maximum atomic E-state index is 14.2. The monoisotopic (exact) mass is 545 g/mol. The van der Waals surface area contributed by atoms with E-state index in [-0.39, 0.29) is 23.5 Å². The molecule has 2 fully saturated rings. The van der Waals surface area contributed by atoms with Crippen LogP contribution >= 0.6 is 0 Å². The summed E-state index contributed by atoms with van der Waals surface area (Å²) in [6, 6.07) is 11.9. The van der Waals surface area contributed by atoms with Crippen molar-refractivity contribution in [2.24, 2.45) is 5.73 Å². The molecule has 1 saturated heterocycles. The van der Waals surface area contributed by atoms with Crippen LogP contribution in [0.1, 0.15) is 36.2 Å². The molecular formula is C28H32FN9O2. The first-order valence-corrected chi connectivity index (χ1v) is 13.5. The van der Waals surface area contributed by atoms with Crippen molar-refractivity contribution in [3.8, 4) is 0 Å². The number of pyridine rings is 1. The average Bonchev–Trinajstić information content (AvgIpc) is 3.41. The first-order chi connectivity index (χ1) is 19.5. The molecule has 0 bridgehead atoms. The fraction of sp³-hybridized carbons (Fsp3) is 0.357. The van der Waals surface area contributed by atoms with E-state index in [4.69, 9.17) is 15.6 Å². The lowest BCUT2D eigenvalue weighted by Gasteiger charge is -2.29. The van der Waals surface area contributed by atoms with Crippen LogP contribution in [0.25, 0.3) is 5.65 Å². The van der Waals surface area contributed by atoms with E-state index < -0.39 is 11.7 Å². The number of nitrogens with one attached hydrogen (secondary N) is 3. The molecule has 1 saturated carbocycles. The minimum Gasteiger partial charge on any atom is -0.378 e. The number of rotatable bonds is 7. The number of aromatic nitrogens is 4. The Labute approximate surface area is 230 Å². The van der Waals surface area contributed by atoms with Gasteiger partial charge in [0.15, 0.2) is 17.2 Å². The van der Waals surface area contributed by atoms with E-state index >= 15 is 0 Å². The van der Waals surface area contributed by atoms with Gasteiger partial charge in [0.05, 0.1) is 37.0 Å². The molecule has 1 aliphatic carbocycles. The average molecular weight is 546 g/mol. The number of nitrogens with zero attached hydrogens (tertiary/aromatic N) is 5. The summed E-state index contributed by atoms with van der Waals surface area (Å²) in [5, 5.41) is 14.3. The number of morpholine rings is 1. The lowest BCUT2D eigenvalue weighted by Crippen LogP contribution is -2.36. The van der Waals surface area contributed by atoms with E-state index in [2.05, 4.69) is 43.0 Å². The molecule has 4 heterocycles. The molecule has 208 valence electrons. The number of carbonyl (C=O) groups is 1. The molecular weight excluding hydrogens is 513 g/mol. The second-order valence-corrected chi connectivity index (χ2v) is 10.2. The van der Waals surface area contributed by atoms with Crippen molar-refractivity contribution in [3.05, 3.63) is 66.5 Å². The number of ether oxygens (including phenoxy) is 1. The van der Waals surface area contributed by atoms with Gasteiger partial charge in [-0.2, -0.15) is 0 Å². The van der Waals surface area contributed by atoms with Gasteiger partial charge in [0.25, 0.3) is 5.91 Å². The van der Waals surface area contributed by atoms with Crippen molar-refractivity contribution >= 4 is 40.1 Å². The normalized spacial score (nSPS) is 19.4. The zero-order valence-electron chi connectivity index (χ0n) is 22.0. The highest BCUT2D eigenvalue weighted by Gasteiger charge is 2.22. The van der Waals surface area contributed by atoms with Crippen molar-refractivity contribution in [1.82, 2.24) is 19.6 Å². The number of benzene rings is 1. The van der Waals surface area contributed by atoms with Crippen LogP contribution < -0.4 is 26.6 Å². The van der Waals surface area contributed by atoms with E-state index in [1.54, 1.807) is 0 Å².